The number of aromatic amines is 1. The Labute approximate surface area is 115 Å². The number of nitrogens with one attached hydrogen (secondary N) is 1. The Morgan fingerprint density at radius 1 is 1.15 bits per heavy atom. The third-order valence-electron chi connectivity index (χ3n) is 3.29. The number of rotatable bonds is 4. The molecule has 0 fully saturated rings. The van der Waals surface area contributed by atoms with Crippen molar-refractivity contribution in [2.24, 2.45) is 0 Å². The van der Waals surface area contributed by atoms with Gasteiger partial charge in [0.25, 0.3) is 11.1 Å². The highest BCUT2D eigenvalue weighted by Crippen LogP contribution is 2.02. The van der Waals surface area contributed by atoms with E-state index in [2.05, 4.69) is 5.10 Å². The normalized spacial score (nSPS) is 10.7. The van der Waals surface area contributed by atoms with E-state index in [0.717, 1.165) is 4.68 Å². The molecule has 0 saturated heterocycles. The smallest absolute Gasteiger partial charge is 0.273 e. The van der Waals surface area contributed by atoms with Crippen molar-refractivity contribution in [3.8, 4) is 0 Å². The molecule has 2 rings (SSSR count). The SMILES string of the molecule is CCN(CC)C(=O)Cn1[nH]c(=O)c2ccccc2c1=O. The number of aromatic nitrogens is 2. The lowest BCUT2D eigenvalue weighted by molar-refractivity contribution is -0.131. The molecule has 1 heterocycles. The van der Waals surface area contributed by atoms with Crippen LogP contribution in [0.1, 0.15) is 13.8 Å². The highest BCUT2D eigenvalue weighted by atomic mass is 16.2. The van der Waals surface area contributed by atoms with Crippen molar-refractivity contribution >= 4 is 16.7 Å². The summed E-state index contributed by atoms with van der Waals surface area (Å²) >= 11 is 0. The summed E-state index contributed by atoms with van der Waals surface area (Å²) in [6.45, 7) is 4.73. The first-order chi connectivity index (χ1) is 9.58. The fraction of sp³-hybridized carbons (Fsp3) is 0.357. The topological polar surface area (TPSA) is 75.2 Å². The summed E-state index contributed by atoms with van der Waals surface area (Å²) in [5, 5.41) is 3.11. The molecular weight excluding hydrogens is 258 g/mol. The van der Waals surface area contributed by atoms with Gasteiger partial charge in [-0.2, -0.15) is 0 Å². The standard InChI is InChI=1S/C14H17N3O3/c1-3-16(4-2)12(18)9-17-14(20)11-8-6-5-7-10(11)13(19)15-17/h5-8H,3-4,9H2,1-2H3,(H,15,19). The lowest BCUT2D eigenvalue weighted by Crippen LogP contribution is -2.39. The molecule has 1 amide bonds. The third kappa shape index (κ3) is 2.49. The summed E-state index contributed by atoms with van der Waals surface area (Å²) in [6.07, 6.45) is 0. The summed E-state index contributed by atoms with van der Waals surface area (Å²) in [5.41, 5.74) is -0.728. The molecule has 0 aliphatic rings. The summed E-state index contributed by atoms with van der Waals surface area (Å²) in [4.78, 5) is 37.8. The zero-order chi connectivity index (χ0) is 14.7. The monoisotopic (exact) mass is 275 g/mol. The largest absolute Gasteiger partial charge is 0.342 e. The van der Waals surface area contributed by atoms with Gasteiger partial charge in [-0.25, -0.2) is 4.68 Å². The zero-order valence-corrected chi connectivity index (χ0v) is 11.5. The Balaban J connectivity index is 2.46. The maximum atomic E-state index is 12.2. The second kappa shape index (κ2) is 5.73. The Hall–Kier alpha value is -2.37. The molecule has 2 aromatic rings. The predicted octanol–water partition coefficient (Wildman–Crippen LogP) is 0.558. The molecule has 0 radical (unpaired) electrons. The second-order valence-electron chi connectivity index (χ2n) is 4.44. The molecule has 1 aromatic carbocycles. The summed E-state index contributed by atoms with van der Waals surface area (Å²) in [5.74, 6) is -0.192. The quantitative estimate of drug-likeness (QED) is 0.885. The second-order valence-corrected chi connectivity index (χ2v) is 4.44. The van der Waals surface area contributed by atoms with Crippen molar-refractivity contribution in [2.45, 2.75) is 20.4 Å². The minimum atomic E-state index is -0.368. The fourth-order valence-electron chi connectivity index (χ4n) is 2.17. The number of H-pyrrole nitrogens is 1. The number of carbonyl (C=O) groups is 1. The maximum Gasteiger partial charge on any atom is 0.273 e. The van der Waals surface area contributed by atoms with Gasteiger partial charge in [0, 0.05) is 13.1 Å². The average Bonchev–Trinajstić information content (AvgIpc) is 2.46. The van der Waals surface area contributed by atoms with Crippen molar-refractivity contribution in [1.29, 1.82) is 0 Å². The lowest BCUT2D eigenvalue weighted by Gasteiger charge is -2.19. The van der Waals surface area contributed by atoms with Crippen LogP contribution in [0.25, 0.3) is 10.8 Å². The number of fused-ring (bicyclic) bond motifs is 1. The highest BCUT2D eigenvalue weighted by molar-refractivity contribution is 5.81. The van der Waals surface area contributed by atoms with Gasteiger partial charge in [-0.05, 0) is 26.0 Å². The van der Waals surface area contributed by atoms with Crippen LogP contribution >= 0.6 is 0 Å². The molecule has 1 aromatic heterocycles. The van der Waals surface area contributed by atoms with Crippen molar-refractivity contribution in [1.82, 2.24) is 14.7 Å². The van der Waals surface area contributed by atoms with Gasteiger partial charge >= 0.3 is 0 Å². The first-order valence-electron chi connectivity index (χ1n) is 6.58. The van der Waals surface area contributed by atoms with E-state index in [0.29, 0.717) is 23.9 Å². The molecule has 0 saturated carbocycles. The van der Waals surface area contributed by atoms with Gasteiger partial charge in [-0.3, -0.25) is 19.5 Å². The van der Waals surface area contributed by atoms with Crippen molar-refractivity contribution in [3.05, 3.63) is 45.0 Å². The molecule has 1 N–H and O–H groups in total. The molecule has 20 heavy (non-hydrogen) atoms. The molecule has 6 nitrogen and oxygen atoms in total. The van der Waals surface area contributed by atoms with Crippen molar-refractivity contribution < 1.29 is 4.79 Å². The lowest BCUT2D eigenvalue weighted by atomic mass is 10.2. The number of carbonyl (C=O) groups excluding carboxylic acids is 1. The van der Waals surface area contributed by atoms with Crippen LogP contribution in [-0.4, -0.2) is 33.7 Å². The van der Waals surface area contributed by atoms with Crippen LogP contribution in [0.2, 0.25) is 0 Å². The van der Waals surface area contributed by atoms with Gasteiger partial charge in [0.1, 0.15) is 6.54 Å². The number of amides is 1. The number of nitrogens with zero attached hydrogens (tertiary/aromatic N) is 2. The van der Waals surface area contributed by atoms with Gasteiger partial charge in [-0.15, -0.1) is 0 Å². The van der Waals surface area contributed by atoms with Gasteiger partial charge < -0.3 is 4.90 Å². The van der Waals surface area contributed by atoms with Crippen LogP contribution < -0.4 is 11.1 Å². The zero-order valence-electron chi connectivity index (χ0n) is 11.5. The number of hydrogen-bond donors (Lipinski definition) is 1. The van der Waals surface area contributed by atoms with E-state index in [-0.39, 0.29) is 23.6 Å². The fourth-order valence-corrected chi connectivity index (χ4v) is 2.17. The van der Waals surface area contributed by atoms with E-state index in [4.69, 9.17) is 0 Å². The van der Waals surface area contributed by atoms with Crippen LogP contribution in [0.5, 0.6) is 0 Å². The maximum absolute atomic E-state index is 12.2. The molecule has 0 aliphatic heterocycles. The Bertz CT molecular complexity index is 741. The molecule has 0 atom stereocenters. The molecule has 0 unspecified atom stereocenters. The Kier molecular flexibility index (Phi) is 4.02. The highest BCUT2D eigenvalue weighted by Gasteiger charge is 2.13. The van der Waals surface area contributed by atoms with E-state index in [1.807, 2.05) is 13.8 Å². The molecule has 0 aliphatic carbocycles. The number of likely N-dealkylation sites (N-methyl/N-ethyl adjacent to an activating group) is 1. The van der Waals surface area contributed by atoms with E-state index < -0.39 is 0 Å². The van der Waals surface area contributed by atoms with Crippen LogP contribution in [0.4, 0.5) is 0 Å². The summed E-state index contributed by atoms with van der Waals surface area (Å²) in [7, 11) is 0. The Morgan fingerprint density at radius 3 is 2.35 bits per heavy atom. The van der Waals surface area contributed by atoms with E-state index in [1.165, 1.54) is 0 Å². The van der Waals surface area contributed by atoms with E-state index >= 15 is 0 Å². The van der Waals surface area contributed by atoms with E-state index in [1.54, 1.807) is 29.2 Å². The van der Waals surface area contributed by atoms with Gasteiger partial charge in [0.05, 0.1) is 10.8 Å². The van der Waals surface area contributed by atoms with Crippen LogP contribution in [0, 0.1) is 0 Å². The van der Waals surface area contributed by atoms with Crippen molar-refractivity contribution in [2.75, 3.05) is 13.1 Å². The van der Waals surface area contributed by atoms with E-state index in [9.17, 15) is 14.4 Å². The third-order valence-corrected chi connectivity index (χ3v) is 3.29. The van der Waals surface area contributed by atoms with Crippen LogP contribution in [0.3, 0.4) is 0 Å². The first-order valence-corrected chi connectivity index (χ1v) is 6.58. The minimum Gasteiger partial charge on any atom is -0.342 e. The van der Waals surface area contributed by atoms with Gasteiger partial charge in [-0.1, -0.05) is 12.1 Å². The van der Waals surface area contributed by atoms with Crippen molar-refractivity contribution in [3.63, 3.8) is 0 Å². The van der Waals surface area contributed by atoms with Gasteiger partial charge in [0.2, 0.25) is 5.91 Å². The first kappa shape index (κ1) is 14.0. The number of benzene rings is 1. The molecule has 106 valence electrons. The van der Waals surface area contributed by atoms with Gasteiger partial charge in [0.15, 0.2) is 0 Å². The summed E-state index contributed by atoms with van der Waals surface area (Å²) in [6, 6.07) is 6.57. The predicted molar refractivity (Wildman–Crippen MR) is 76.8 cm³/mol. The molecule has 6 heteroatoms. The number of hydrogen-bond acceptors (Lipinski definition) is 3. The minimum absolute atomic E-state index is 0.152. The summed E-state index contributed by atoms with van der Waals surface area (Å²) < 4.78 is 1.07. The average molecular weight is 275 g/mol. The Morgan fingerprint density at radius 2 is 1.75 bits per heavy atom. The molecular formula is C14H17N3O3. The van der Waals surface area contributed by atoms with Crippen LogP contribution in [0.15, 0.2) is 33.9 Å². The molecule has 0 bridgehead atoms. The van der Waals surface area contributed by atoms with Crippen LogP contribution in [-0.2, 0) is 11.3 Å². The molecule has 0 spiro atoms.